The highest BCUT2D eigenvalue weighted by Crippen LogP contribution is 2.18. The van der Waals surface area contributed by atoms with Gasteiger partial charge in [-0.25, -0.2) is 0 Å². The van der Waals surface area contributed by atoms with Gasteiger partial charge in [-0.3, -0.25) is 4.79 Å². The molecule has 5 nitrogen and oxygen atoms in total. The first-order valence-electron chi connectivity index (χ1n) is 14.4. The first-order chi connectivity index (χ1) is 19.4. The van der Waals surface area contributed by atoms with Crippen LogP contribution in [0.3, 0.4) is 0 Å². The van der Waals surface area contributed by atoms with Gasteiger partial charge in [0, 0.05) is 29.2 Å². The van der Waals surface area contributed by atoms with Crippen LogP contribution in [-0.2, 0) is 24.1 Å². The topological polar surface area (TPSA) is 53.6 Å². The first-order valence-corrected chi connectivity index (χ1v) is 15.1. The summed E-state index contributed by atoms with van der Waals surface area (Å²) in [5.41, 5.74) is 3.76. The number of nitrogens with one attached hydrogen (secondary N) is 2. The van der Waals surface area contributed by atoms with E-state index in [1.165, 1.54) is 16.7 Å². The van der Waals surface area contributed by atoms with E-state index in [2.05, 4.69) is 46.7 Å². The van der Waals surface area contributed by atoms with Gasteiger partial charge in [0.1, 0.15) is 5.75 Å². The van der Waals surface area contributed by atoms with Crippen molar-refractivity contribution in [3.63, 3.8) is 0 Å². The van der Waals surface area contributed by atoms with Crippen LogP contribution in [0.15, 0.2) is 72.8 Å². The fourth-order valence-corrected chi connectivity index (χ4v) is 5.58. The zero-order valence-electron chi connectivity index (χ0n) is 23.8. The molecule has 0 aromatic heterocycles. The Morgan fingerprint density at radius 3 is 2.20 bits per heavy atom. The number of rotatable bonds is 14. The number of hydrogen-bond donors (Lipinski definition) is 2. The number of nitrogens with zero attached hydrogens (tertiary/aromatic N) is 1. The Morgan fingerprint density at radius 2 is 1.56 bits per heavy atom. The second kappa shape index (κ2) is 17.6. The summed E-state index contributed by atoms with van der Waals surface area (Å²) < 4.78 is 5.73. The monoisotopic (exact) mass is 617 g/mol. The summed E-state index contributed by atoms with van der Waals surface area (Å²) in [6.07, 6.45) is 5.10. The zero-order valence-corrected chi connectivity index (χ0v) is 26.1. The number of carbonyl (C=O) groups is 1. The van der Waals surface area contributed by atoms with E-state index < -0.39 is 0 Å². The third-order valence-corrected chi connectivity index (χ3v) is 8.00. The van der Waals surface area contributed by atoms with Crippen molar-refractivity contribution in [2.75, 3.05) is 39.3 Å². The van der Waals surface area contributed by atoms with Crippen LogP contribution in [0.25, 0.3) is 0 Å². The van der Waals surface area contributed by atoms with Gasteiger partial charge in [0.15, 0.2) is 6.61 Å². The molecule has 1 fully saturated rings. The molecule has 8 heteroatoms. The zero-order chi connectivity index (χ0) is 28.2. The summed E-state index contributed by atoms with van der Waals surface area (Å²) in [4.78, 5) is 14.9. The maximum absolute atomic E-state index is 12.4. The molecule has 1 amide bonds. The highest BCUT2D eigenvalue weighted by Gasteiger charge is 2.19. The van der Waals surface area contributed by atoms with E-state index in [0.717, 1.165) is 68.3 Å². The normalized spacial score (nSPS) is 14.7. The molecule has 1 aliphatic heterocycles. The molecule has 4 rings (SSSR count). The quantitative estimate of drug-likeness (QED) is 0.213. The Kier molecular flexibility index (Phi) is 14.3. The molecule has 1 unspecified atom stereocenters. The highest BCUT2D eigenvalue weighted by molar-refractivity contribution is 6.30. The van der Waals surface area contributed by atoms with Crippen LogP contribution >= 0.6 is 35.6 Å². The summed E-state index contributed by atoms with van der Waals surface area (Å²) >= 11 is 12.2. The number of hydrogen-bond acceptors (Lipinski definition) is 4. The van der Waals surface area contributed by atoms with Gasteiger partial charge in [0.2, 0.25) is 0 Å². The molecular formula is C33H42Cl3N3O2. The van der Waals surface area contributed by atoms with Crippen molar-refractivity contribution in [1.29, 1.82) is 0 Å². The van der Waals surface area contributed by atoms with E-state index in [9.17, 15) is 4.79 Å². The lowest BCUT2D eigenvalue weighted by Gasteiger charge is -2.32. The van der Waals surface area contributed by atoms with Gasteiger partial charge in [-0.2, -0.15) is 0 Å². The van der Waals surface area contributed by atoms with Crippen molar-refractivity contribution in [3.8, 4) is 5.75 Å². The minimum Gasteiger partial charge on any atom is -0.484 e. The number of piperidine rings is 1. The maximum atomic E-state index is 12.4. The van der Waals surface area contributed by atoms with Crippen molar-refractivity contribution >= 4 is 41.5 Å². The Bertz CT molecular complexity index is 1200. The molecule has 0 bridgehead atoms. The molecule has 3 aromatic carbocycles. The Hall–Kier alpha value is -2.28. The van der Waals surface area contributed by atoms with Gasteiger partial charge >= 0.3 is 0 Å². The maximum Gasteiger partial charge on any atom is 0.257 e. The van der Waals surface area contributed by atoms with Crippen molar-refractivity contribution in [3.05, 3.63) is 99.5 Å². The average molecular weight is 619 g/mol. The lowest BCUT2D eigenvalue weighted by atomic mass is 9.96. The Balaban J connectivity index is 0.00000462. The molecule has 1 aliphatic rings. The van der Waals surface area contributed by atoms with E-state index in [-0.39, 0.29) is 24.9 Å². The fraction of sp³-hybridized carbons (Fsp3) is 0.424. The minimum atomic E-state index is -0.0648. The Labute approximate surface area is 261 Å². The molecule has 3 aromatic rings. The van der Waals surface area contributed by atoms with E-state index in [1.807, 2.05) is 48.5 Å². The highest BCUT2D eigenvalue weighted by atomic mass is 35.5. The second-order valence-corrected chi connectivity index (χ2v) is 11.7. The second-order valence-electron chi connectivity index (χ2n) is 10.8. The van der Waals surface area contributed by atoms with Crippen molar-refractivity contribution < 1.29 is 9.53 Å². The van der Waals surface area contributed by atoms with Crippen LogP contribution in [0.1, 0.15) is 36.5 Å². The van der Waals surface area contributed by atoms with E-state index in [0.29, 0.717) is 24.3 Å². The summed E-state index contributed by atoms with van der Waals surface area (Å²) in [6.45, 7) is 7.04. The minimum absolute atomic E-state index is 0. The summed E-state index contributed by atoms with van der Waals surface area (Å²) in [7, 11) is 0. The molecule has 1 atom stereocenters. The van der Waals surface area contributed by atoms with Gasteiger partial charge in [0.05, 0.1) is 0 Å². The standard InChI is InChI=1S/C33H41Cl2N3O2.ClH/c1-25(36-16-12-26-4-2-6-30(34)21-26)20-28-8-10-32(11-9-28)40-24-33(39)37-23-29-14-18-38(19-15-29)17-13-27-5-3-7-31(35)22-27;/h2-11,21-22,25,29,36H,12-20,23-24H2,1H3,(H,37,39);1H. The van der Waals surface area contributed by atoms with Crippen molar-refractivity contribution in [2.24, 2.45) is 5.92 Å². The molecule has 0 saturated carbocycles. The number of likely N-dealkylation sites (tertiary alicyclic amines) is 1. The lowest BCUT2D eigenvalue weighted by molar-refractivity contribution is -0.123. The largest absolute Gasteiger partial charge is 0.484 e. The molecule has 222 valence electrons. The smallest absolute Gasteiger partial charge is 0.257 e. The summed E-state index contributed by atoms with van der Waals surface area (Å²) in [5.74, 6) is 1.17. The van der Waals surface area contributed by atoms with Gasteiger partial charge in [-0.05, 0) is 118 Å². The van der Waals surface area contributed by atoms with Crippen LogP contribution in [0.4, 0.5) is 0 Å². The number of carbonyl (C=O) groups excluding carboxylic acids is 1. The molecular weight excluding hydrogens is 577 g/mol. The van der Waals surface area contributed by atoms with Crippen LogP contribution in [0, 0.1) is 5.92 Å². The van der Waals surface area contributed by atoms with Crippen LogP contribution in [0.5, 0.6) is 5.75 Å². The third-order valence-electron chi connectivity index (χ3n) is 7.53. The summed E-state index contributed by atoms with van der Waals surface area (Å²) in [6, 6.07) is 24.5. The van der Waals surface area contributed by atoms with Crippen LogP contribution < -0.4 is 15.4 Å². The van der Waals surface area contributed by atoms with E-state index in [4.69, 9.17) is 27.9 Å². The molecule has 1 heterocycles. The molecule has 2 N–H and O–H groups in total. The summed E-state index contributed by atoms with van der Waals surface area (Å²) in [5, 5.41) is 8.22. The number of halogens is 3. The average Bonchev–Trinajstić information content (AvgIpc) is 2.95. The predicted molar refractivity (Wildman–Crippen MR) is 173 cm³/mol. The van der Waals surface area contributed by atoms with Crippen LogP contribution in [0.2, 0.25) is 10.0 Å². The number of benzene rings is 3. The SMILES string of the molecule is CC(Cc1ccc(OCC(=O)NCC2CCN(CCc3cccc(Cl)c3)CC2)cc1)NCCc1cccc(Cl)c1.Cl. The number of amides is 1. The Morgan fingerprint density at radius 1 is 0.927 bits per heavy atom. The van der Waals surface area contributed by atoms with Gasteiger partial charge < -0.3 is 20.3 Å². The molecule has 0 radical (unpaired) electrons. The van der Waals surface area contributed by atoms with Gasteiger partial charge in [-0.15, -0.1) is 12.4 Å². The molecule has 41 heavy (non-hydrogen) atoms. The first kappa shape index (κ1) is 33.2. The fourth-order valence-electron chi connectivity index (χ4n) is 5.15. The van der Waals surface area contributed by atoms with Crippen molar-refractivity contribution in [1.82, 2.24) is 15.5 Å². The predicted octanol–water partition coefficient (Wildman–Crippen LogP) is 6.63. The van der Waals surface area contributed by atoms with E-state index in [1.54, 1.807) is 0 Å². The number of ether oxygens (including phenoxy) is 1. The molecule has 0 spiro atoms. The third kappa shape index (κ3) is 12.2. The van der Waals surface area contributed by atoms with Gasteiger partial charge in [-0.1, -0.05) is 59.6 Å². The molecule has 0 aliphatic carbocycles. The van der Waals surface area contributed by atoms with Gasteiger partial charge in [0.25, 0.3) is 5.91 Å². The lowest BCUT2D eigenvalue weighted by Crippen LogP contribution is -2.40. The molecule has 1 saturated heterocycles. The van der Waals surface area contributed by atoms with Crippen LogP contribution in [-0.4, -0.2) is 56.2 Å². The van der Waals surface area contributed by atoms with E-state index >= 15 is 0 Å². The van der Waals surface area contributed by atoms with Crippen molar-refractivity contribution in [2.45, 2.75) is 45.1 Å².